The van der Waals surface area contributed by atoms with Crippen molar-refractivity contribution in [2.24, 2.45) is 0 Å². The van der Waals surface area contributed by atoms with E-state index in [1.807, 2.05) is 18.2 Å². The first-order valence-corrected chi connectivity index (χ1v) is 3.90. The molecule has 1 nitrogen and oxygen atoms in total. The molecule has 0 bridgehead atoms. The van der Waals surface area contributed by atoms with Crippen molar-refractivity contribution in [3.63, 3.8) is 0 Å². The van der Waals surface area contributed by atoms with Crippen molar-refractivity contribution in [3.8, 4) is 0 Å². The Morgan fingerprint density at radius 3 is 3.08 bits per heavy atom. The minimum absolute atomic E-state index is 0.789. The van der Waals surface area contributed by atoms with E-state index in [9.17, 15) is 0 Å². The van der Waals surface area contributed by atoms with E-state index in [-0.39, 0.29) is 0 Å². The predicted octanol–water partition coefficient (Wildman–Crippen LogP) is 2.96. The zero-order valence-corrected chi connectivity index (χ0v) is 6.66. The normalized spacial score (nSPS) is 10.3. The van der Waals surface area contributed by atoms with Crippen molar-refractivity contribution in [1.29, 1.82) is 0 Å². The number of allylic oxidation sites excluding steroid dienone is 1. The summed E-state index contributed by atoms with van der Waals surface area (Å²) in [5.41, 5.74) is 2.14. The lowest BCUT2D eigenvalue weighted by molar-refractivity contribution is 0.616. The molecule has 1 aromatic carbocycles. The second-order valence-corrected chi connectivity index (χ2v) is 2.69. The van der Waals surface area contributed by atoms with E-state index in [0.29, 0.717) is 0 Å². The van der Waals surface area contributed by atoms with Gasteiger partial charge >= 0.3 is 0 Å². The molecule has 0 N–H and O–H groups in total. The van der Waals surface area contributed by atoms with Crippen LogP contribution in [0.4, 0.5) is 0 Å². The van der Waals surface area contributed by atoms with Crippen LogP contribution in [0.2, 0.25) is 0 Å². The van der Waals surface area contributed by atoms with Gasteiger partial charge in [0.2, 0.25) is 0 Å². The molecule has 0 spiro atoms. The second-order valence-electron chi connectivity index (χ2n) is 2.69. The molecule has 0 aliphatic heterocycles. The number of fused-ring (bicyclic) bond motifs is 1. The minimum Gasteiger partial charge on any atom is -0.464 e. The molecular formula is C11H9O. The summed E-state index contributed by atoms with van der Waals surface area (Å²) in [5.74, 6) is 0. The van der Waals surface area contributed by atoms with E-state index in [2.05, 4.69) is 6.07 Å². The maximum atomic E-state index is 5.36. The van der Waals surface area contributed by atoms with Crippen LogP contribution in [-0.2, 0) is 6.42 Å². The molecule has 1 heteroatoms. The molecule has 1 heterocycles. The Balaban J connectivity index is 2.65. The fourth-order valence-corrected chi connectivity index (χ4v) is 1.36. The van der Waals surface area contributed by atoms with Gasteiger partial charge in [-0.2, -0.15) is 0 Å². The van der Waals surface area contributed by atoms with Gasteiger partial charge in [-0.05, 0) is 24.1 Å². The summed E-state index contributed by atoms with van der Waals surface area (Å²) in [6.07, 6.45) is 4.14. The summed E-state index contributed by atoms with van der Waals surface area (Å²) < 4.78 is 5.25. The Kier molecular flexibility index (Phi) is 1.71. The molecule has 0 fully saturated rings. The molecule has 2 rings (SSSR count). The maximum absolute atomic E-state index is 5.36. The Labute approximate surface area is 71.3 Å². The molecule has 1 radical (unpaired) electrons. The van der Waals surface area contributed by atoms with Crippen molar-refractivity contribution >= 4 is 11.0 Å². The van der Waals surface area contributed by atoms with Crippen molar-refractivity contribution < 1.29 is 4.42 Å². The summed E-state index contributed by atoms with van der Waals surface area (Å²) in [6.45, 7) is 5.36. The van der Waals surface area contributed by atoms with Gasteiger partial charge in [-0.15, -0.1) is 0 Å². The van der Waals surface area contributed by atoms with Gasteiger partial charge in [0.25, 0.3) is 0 Å². The van der Waals surface area contributed by atoms with E-state index < -0.39 is 0 Å². The Hall–Kier alpha value is -1.50. The third-order valence-electron chi connectivity index (χ3n) is 1.92. The summed E-state index contributed by atoms with van der Waals surface area (Å²) in [6, 6.07) is 7.95. The molecule has 0 aliphatic rings. The predicted molar refractivity (Wildman–Crippen MR) is 48.8 cm³/mol. The van der Waals surface area contributed by atoms with Crippen LogP contribution in [0.5, 0.6) is 0 Å². The van der Waals surface area contributed by atoms with Gasteiger partial charge in [-0.3, -0.25) is 0 Å². The van der Waals surface area contributed by atoms with Crippen molar-refractivity contribution in [2.45, 2.75) is 6.42 Å². The van der Waals surface area contributed by atoms with Crippen LogP contribution in [-0.4, -0.2) is 0 Å². The third kappa shape index (κ3) is 1.03. The highest BCUT2D eigenvalue weighted by molar-refractivity contribution is 5.80. The van der Waals surface area contributed by atoms with E-state index in [4.69, 9.17) is 11.0 Å². The van der Waals surface area contributed by atoms with Gasteiger partial charge < -0.3 is 4.42 Å². The van der Waals surface area contributed by atoms with Gasteiger partial charge in [0.15, 0.2) is 0 Å². The van der Waals surface area contributed by atoms with Crippen LogP contribution < -0.4 is 0 Å². The summed E-state index contributed by atoms with van der Waals surface area (Å²) in [5, 5.41) is 1.15. The first kappa shape index (κ1) is 7.17. The Bertz CT molecular complexity index is 398. The van der Waals surface area contributed by atoms with Gasteiger partial charge in [-0.25, -0.2) is 0 Å². The van der Waals surface area contributed by atoms with Gasteiger partial charge in [0, 0.05) is 5.39 Å². The van der Waals surface area contributed by atoms with Crippen LogP contribution in [0.3, 0.4) is 0 Å². The molecule has 1 aromatic heterocycles. The molecule has 0 unspecified atom stereocenters. The molecule has 12 heavy (non-hydrogen) atoms. The molecule has 59 valence electrons. The molecule has 0 amide bonds. The maximum Gasteiger partial charge on any atom is 0.134 e. The molecule has 0 saturated carbocycles. The molecule has 2 aromatic rings. The first-order chi connectivity index (χ1) is 5.92. The summed E-state index contributed by atoms with van der Waals surface area (Å²) in [4.78, 5) is 0. The highest BCUT2D eigenvalue weighted by Crippen LogP contribution is 2.19. The lowest BCUT2D eigenvalue weighted by Crippen LogP contribution is -1.79. The molecule has 0 saturated heterocycles. The van der Waals surface area contributed by atoms with E-state index in [0.717, 1.165) is 17.4 Å². The van der Waals surface area contributed by atoms with Crippen LogP contribution in [0.15, 0.2) is 41.0 Å². The van der Waals surface area contributed by atoms with Crippen molar-refractivity contribution in [2.75, 3.05) is 0 Å². The monoisotopic (exact) mass is 157 g/mol. The smallest absolute Gasteiger partial charge is 0.134 e. The summed E-state index contributed by atoms with van der Waals surface area (Å²) >= 11 is 0. The topological polar surface area (TPSA) is 13.1 Å². The van der Waals surface area contributed by atoms with Gasteiger partial charge in [-0.1, -0.05) is 24.8 Å². The number of hydrogen-bond acceptors (Lipinski definition) is 1. The van der Waals surface area contributed by atoms with E-state index in [1.165, 1.54) is 5.56 Å². The van der Waals surface area contributed by atoms with Crippen molar-refractivity contribution in [1.82, 2.24) is 0 Å². The quantitative estimate of drug-likeness (QED) is 0.653. The van der Waals surface area contributed by atoms with Crippen LogP contribution in [0, 0.1) is 6.58 Å². The number of hydrogen-bond donors (Lipinski definition) is 0. The average Bonchev–Trinajstić information content (AvgIpc) is 2.53. The van der Waals surface area contributed by atoms with Crippen LogP contribution in [0.25, 0.3) is 11.0 Å². The zero-order valence-electron chi connectivity index (χ0n) is 6.66. The molecule has 0 atom stereocenters. The number of furan rings is 1. The van der Waals surface area contributed by atoms with E-state index >= 15 is 0 Å². The van der Waals surface area contributed by atoms with E-state index in [1.54, 1.807) is 12.3 Å². The first-order valence-electron chi connectivity index (χ1n) is 3.90. The van der Waals surface area contributed by atoms with Crippen molar-refractivity contribution in [3.05, 3.63) is 48.7 Å². The fourth-order valence-electron chi connectivity index (χ4n) is 1.36. The lowest BCUT2D eigenvalue weighted by atomic mass is 10.1. The minimum atomic E-state index is 0.789. The third-order valence-corrected chi connectivity index (χ3v) is 1.92. The largest absolute Gasteiger partial charge is 0.464 e. The fraction of sp³-hybridized carbons (Fsp3) is 0.0909. The SMILES string of the molecule is [CH]=CCc1cccc2occc12. The average molecular weight is 157 g/mol. The molecule has 0 aliphatic carbocycles. The van der Waals surface area contributed by atoms with Crippen LogP contribution >= 0.6 is 0 Å². The zero-order chi connectivity index (χ0) is 8.39. The molecular weight excluding hydrogens is 148 g/mol. The Morgan fingerprint density at radius 1 is 1.33 bits per heavy atom. The number of rotatable bonds is 2. The Morgan fingerprint density at radius 2 is 2.25 bits per heavy atom. The summed E-state index contributed by atoms with van der Waals surface area (Å²) in [7, 11) is 0. The highest BCUT2D eigenvalue weighted by Gasteiger charge is 1.99. The van der Waals surface area contributed by atoms with Gasteiger partial charge in [0.05, 0.1) is 6.26 Å². The van der Waals surface area contributed by atoms with Gasteiger partial charge in [0.1, 0.15) is 5.58 Å². The second kappa shape index (κ2) is 2.86. The lowest BCUT2D eigenvalue weighted by Gasteiger charge is -1.96. The number of benzene rings is 1. The highest BCUT2D eigenvalue weighted by atomic mass is 16.3. The van der Waals surface area contributed by atoms with Crippen LogP contribution in [0.1, 0.15) is 5.56 Å². The standard InChI is InChI=1S/C11H9O/c1-2-4-9-5-3-6-11-10(9)7-8-12-11/h1-3,5-8H,4H2.